The van der Waals surface area contributed by atoms with Crippen LogP contribution in [0.3, 0.4) is 0 Å². The van der Waals surface area contributed by atoms with Gasteiger partial charge in [-0.25, -0.2) is 4.79 Å². The fourth-order valence-electron chi connectivity index (χ4n) is 0.915. The molecule has 1 rings (SSSR count). The maximum absolute atomic E-state index is 12.0. The number of hydrogen-bond donors (Lipinski definition) is 0. The van der Waals surface area contributed by atoms with Crippen LogP contribution >= 0.6 is 11.8 Å². The Hall–Kier alpha value is -1.31. The molecule has 0 spiro atoms. The smallest absolute Gasteiger partial charge is 0.210 e. The third kappa shape index (κ3) is 4.22. The number of sulfonamides is 1. The number of isocyanates is 1. The van der Waals surface area contributed by atoms with Crippen LogP contribution in [0.5, 0.6) is 0 Å². The van der Waals surface area contributed by atoms with Crippen molar-refractivity contribution in [3.63, 3.8) is 0 Å². The predicted molar refractivity (Wildman–Crippen MR) is 53.7 cm³/mol. The Morgan fingerprint density at radius 1 is 1.18 bits per heavy atom. The molecular weight excluding hydrogens is 279 g/mol. The minimum atomic E-state index is -4.44. The monoisotopic (exact) mass is 283 g/mol. The van der Waals surface area contributed by atoms with Gasteiger partial charge >= 0.3 is 5.51 Å². The van der Waals surface area contributed by atoms with Crippen LogP contribution in [0.2, 0.25) is 0 Å². The zero-order valence-electron chi connectivity index (χ0n) is 7.93. The number of thioether (sulfide) groups is 1. The van der Waals surface area contributed by atoms with Gasteiger partial charge in [0.15, 0.2) is 0 Å². The molecule has 0 heterocycles. The average Bonchev–Trinajstić information content (AvgIpc) is 2.15. The lowest BCUT2D eigenvalue weighted by Gasteiger charge is -2.05. The first-order valence-corrected chi connectivity index (χ1v) is 6.20. The van der Waals surface area contributed by atoms with E-state index in [0.29, 0.717) is 0 Å². The molecule has 0 aliphatic rings. The van der Waals surface area contributed by atoms with Crippen LogP contribution in [-0.4, -0.2) is 20.0 Å². The molecule has 92 valence electrons. The van der Waals surface area contributed by atoms with E-state index in [2.05, 4.69) is 4.40 Å². The summed E-state index contributed by atoms with van der Waals surface area (Å²) in [4.78, 5) is 9.30. The average molecular weight is 283 g/mol. The summed E-state index contributed by atoms with van der Waals surface area (Å²) in [6, 6.07) is 3.82. The normalized spacial score (nSPS) is 11.9. The lowest BCUT2D eigenvalue weighted by molar-refractivity contribution is -0.0328. The molecule has 0 aliphatic heterocycles. The van der Waals surface area contributed by atoms with Gasteiger partial charge in [-0.3, -0.25) is 0 Å². The van der Waals surface area contributed by atoms with E-state index < -0.39 is 15.5 Å². The van der Waals surface area contributed by atoms with Gasteiger partial charge in [0.25, 0.3) is 16.1 Å². The van der Waals surface area contributed by atoms with Gasteiger partial charge in [0.05, 0.1) is 4.90 Å². The molecule has 0 fully saturated rings. The van der Waals surface area contributed by atoms with Gasteiger partial charge < -0.3 is 0 Å². The molecule has 0 amide bonds. The number of rotatable bonds is 3. The van der Waals surface area contributed by atoms with Gasteiger partial charge in [0.2, 0.25) is 0 Å². The molecule has 0 N–H and O–H groups in total. The van der Waals surface area contributed by atoms with Crippen molar-refractivity contribution in [1.82, 2.24) is 0 Å². The second-order valence-corrected chi connectivity index (χ2v) is 5.42. The first-order valence-electron chi connectivity index (χ1n) is 3.94. The minimum absolute atomic E-state index is 0.161. The van der Waals surface area contributed by atoms with Crippen LogP contribution in [0.4, 0.5) is 13.2 Å². The fraction of sp³-hybridized carbons (Fsp3) is 0.125. The van der Waals surface area contributed by atoms with E-state index in [0.717, 1.165) is 30.3 Å². The predicted octanol–water partition coefficient (Wildman–Crippen LogP) is 2.32. The van der Waals surface area contributed by atoms with Gasteiger partial charge in [-0.1, -0.05) is 4.40 Å². The topological polar surface area (TPSA) is 63.6 Å². The fourth-order valence-corrected chi connectivity index (χ4v) is 2.14. The first kappa shape index (κ1) is 13.8. The number of carbonyl (C=O) groups excluding carboxylic acids is 1. The highest BCUT2D eigenvalue weighted by Crippen LogP contribution is 2.36. The van der Waals surface area contributed by atoms with Crippen molar-refractivity contribution in [3.05, 3.63) is 24.3 Å². The van der Waals surface area contributed by atoms with Gasteiger partial charge in [0.1, 0.15) is 0 Å². The van der Waals surface area contributed by atoms with E-state index in [1.165, 1.54) is 0 Å². The molecule has 1 aromatic carbocycles. The van der Waals surface area contributed by atoms with Crippen molar-refractivity contribution >= 4 is 27.9 Å². The highest BCUT2D eigenvalue weighted by molar-refractivity contribution is 8.00. The molecule has 0 aliphatic carbocycles. The highest BCUT2D eigenvalue weighted by Gasteiger charge is 2.29. The van der Waals surface area contributed by atoms with Crippen LogP contribution in [0.15, 0.2) is 38.5 Å². The van der Waals surface area contributed by atoms with Crippen molar-refractivity contribution in [2.24, 2.45) is 4.40 Å². The Kier molecular flexibility index (Phi) is 3.97. The minimum Gasteiger partial charge on any atom is -0.210 e. The Balaban J connectivity index is 3.01. The Labute approximate surface area is 98.6 Å². The molecule has 0 atom stereocenters. The Morgan fingerprint density at radius 3 is 2.12 bits per heavy atom. The molecule has 0 aromatic heterocycles. The van der Waals surface area contributed by atoms with Crippen molar-refractivity contribution in [1.29, 1.82) is 0 Å². The van der Waals surface area contributed by atoms with Gasteiger partial charge in [-0.05, 0) is 36.0 Å². The number of nitrogens with zero attached hydrogens (tertiary/aromatic N) is 1. The summed E-state index contributed by atoms with van der Waals surface area (Å²) in [5.74, 6) is 0. The van der Waals surface area contributed by atoms with Crippen LogP contribution in [0.25, 0.3) is 0 Å². The van der Waals surface area contributed by atoms with E-state index in [-0.39, 0.29) is 21.6 Å². The lowest BCUT2D eigenvalue weighted by Crippen LogP contribution is -2.00. The summed E-state index contributed by atoms with van der Waals surface area (Å²) in [5.41, 5.74) is -4.44. The molecule has 1 aromatic rings. The van der Waals surface area contributed by atoms with Gasteiger partial charge in [-0.2, -0.15) is 21.6 Å². The van der Waals surface area contributed by atoms with Crippen molar-refractivity contribution in [3.8, 4) is 0 Å². The Morgan fingerprint density at radius 2 is 1.71 bits per heavy atom. The lowest BCUT2D eigenvalue weighted by atomic mass is 10.4. The largest absolute Gasteiger partial charge is 0.446 e. The van der Waals surface area contributed by atoms with E-state index in [1.807, 2.05) is 0 Å². The Bertz CT molecular complexity index is 544. The van der Waals surface area contributed by atoms with E-state index in [1.54, 1.807) is 0 Å². The second-order valence-electron chi connectivity index (χ2n) is 2.68. The number of alkyl halides is 3. The number of benzene rings is 1. The first-order chi connectivity index (χ1) is 7.74. The molecular formula is C8H4F3NO3S2. The molecule has 17 heavy (non-hydrogen) atoms. The zero-order chi connectivity index (χ0) is 13.1. The number of halogens is 3. The van der Waals surface area contributed by atoms with E-state index in [4.69, 9.17) is 0 Å². The summed E-state index contributed by atoms with van der Waals surface area (Å²) < 4.78 is 60.8. The quantitative estimate of drug-likeness (QED) is 0.485. The summed E-state index contributed by atoms with van der Waals surface area (Å²) in [6.45, 7) is 0. The SMILES string of the molecule is O=C=NS(=O)(=O)c1ccc(SC(F)(F)F)cc1. The van der Waals surface area contributed by atoms with Crippen LogP contribution in [-0.2, 0) is 14.8 Å². The molecule has 0 saturated heterocycles. The molecule has 4 nitrogen and oxygen atoms in total. The molecule has 0 saturated carbocycles. The summed E-state index contributed by atoms with van der Waals surface area (Å²) in [7, 11) is -4.16. The van der Waals surface area contributed by atoms with Gasteiger partial charge in [-0.15, -0.1) is 0 Å². The van der Waals surface area contributed by atoms with Crippen molar-refractivity contribution in [2.75, 3.05) is 0 Å². The highest BCUT2D eigenvalue weighted by atomic mass is 32.2. The molecule has 9 heteroatoms. The number of hydrogen-bond acceptors (Lipinski definition) is 4. The maximum atomic E-state index is 12.0. The molecule has 0 unspecified atom stereocenters. The molecule has 0 bridgehead atoms. The third-order valence-electron chi connectivity index (χ3n) is 1.51. The van der Waals surface area contributed by atoms with Crippen LogP contribution < -0.4 is 0 Å². The molecule has 0 radical (unpaired) electrons. The van der Waals surface area contributed by atoms with Crippen molar-refractivity contribution < 1.29 is 26.4 Å². The second kappa shape index (κ2) is 4.91. The van der Waals surface area contributed by atoms with E-state index in [9.17, 15) is 26.4 Å². The zero-order valence-corrected chi connectivity index (χ0v) is 9.56. The third-order valence-corrected chi connectivity index (χ3v) is 3.43. The summed E-state index contributed by atoms with van der Waals surface area (Å²) >= 11 is -0.369. The maximum Gasteiger partial charge on any atom is 0.446 e. The standard InChI is InChI=1S/C8H4F3NO3S2/c9-8(10,11)16-6-1-3-7(4-2-6)17(14,15)12-5-13/h1-4H. The van der Waals surface area contributed by atoms with Crippen LogP contribution in [0, 0.1) is 0 Å². The van der Waals surface area contributed by atoms with Gasteiger partial charge in [0, 0.05) is 4.90 Å². The van der Waals surface area contributed by atoms with Crippen LogP contribution in [0.1, 0.15) is 0 Å². The summed E-state index contributed by atoms with van der Waals surface area (Å²) in [6.07, 6.45) is 0.861. The summed E-state index contributed by atoms with van der Waals surface area (Å²) in [5, 5.41) is 0. The van der Waals surface area contributed by atoms with E-state index >= 15 is 0 Å². The van der Waals surface area contributed by atoms with Crippen molar-refractivity contribution in [2.45, 2.75) is 15.3 Å².